The first-order valence-electron chi connectivity index (χ1n) is 5.36. The van der Waals surface area contributed by atoms with Gasteiger partial charge >= 0.3 is 0 Å². The molecule has 0 heterocycles. The molecule has 2 heteroatoms. The summed E-state index contributed by atoms with van der Waals surface area (Å²) in [6.07, 6.45) is 0.346. The first-order chi connectivity index (χ1) is 6.88. The van der Waals surface area contributed by atoms with Crippen molar-refractivity contribution in [3.05, 3.63) is 35.1 Å². The van der Waals surface area contributed by atoms with Gasteiger partial charge in [0.2, 0.25) is 0 Å². The van der Waals surface area contributed by atoms with Crippen LogP contribution in [0, 0.1) is 12.7 Å². The van der Waals surface area contributed by atoms with E-state index in [4.69, 9.17) is 0 Å². The third-order valence-corrected chi connectivity index (χ3v) is 1.83. The van der Waals surface area contributed by atoms with Crippen molar-refractivity contribution in [1.82, 2.24) is 0 Å². The Kier molecular flexibility index (Phi) is 5.51. The second-order valence-corrected chi connectivity index (χ2v) is 4.08. The van der Waals surface area contributed by atoms with Crippen LogP contribution in [0.3, 0.4) is 0 Å². The minimum atomic E-state index is -0.851. The summed E-state index contributed by atoms with van der Waals surface area (Å²) in [5.74, 6) is -0.234. The molecule has 0 bridgehead atoms. The zero-order valence-corrected chi connectivity index (χ0v) is 10.3. The molecule has 0 saturated carbocycles. The lowest BCUT2D eigenvalue weighted by Crippen LogP contribution is -2.22. The molecule has 1 N–H and O–H groups in total. The van der Waals surface area contributed by atoms with Gasteiger partial charge in [-0.3, -0.25) is 0 Å². The molecular weight excluding hydrogens is 191 g/mol. The van der Waals surface area contributed by atoms with Gasteiger partial charge in [-0.2, -0.15) is 0 Å². The van der Waals surface area contributed by atoms with Gasteiger partial charge in [0.25, 0.3) is 0 Å². The Labute approximate surface area is 92.0 Å². The normalized spacial score (nSPS) is 10.6. The maximum absolute atomic E-state index is 13.3. The summed E-state index contributed by atoms with van der Waals surface area (Å²) in [6, 6.07) is 5.06. The Balaban J connectivity index is 0.000000921. The fraction of sp³-hybridized carbons (Fsp3) is 0.538. The topological polar surface area (TPSA) is 20.2 Å². The van der Waals surface area contributed by atoms with Crippen molar-refractivity contribution in [2.45, 2.75) is 46.6 Å². The Bertz CT molecular complexity index is 300. The van der Waals surface area contributed by atoms with Crippen LogP contribution in [-0.2, 0) is 6.42 Å². The Morgan fingerprint density at radius 2 is 1.80 bits per heavy atom. The summed E-state index contributed by atoms with van der Waals surface area (Å²) in [5.41, 5.74) is 0.617. The summed E-state index contributed by atoms with van der Waals surface area (Å²) in [5, 5.41) is 9.50. The summed E-state index contributed by atoms with van der Waals surface area (Å²) in [7, 11) is 0. The van der Waals surface area contributed by atoms with Crippen molar-refractivity contribution >= 4 is 0 Å². The number of aryl methyl sites for hydroxylation is 1. The maximum atomic E-state index is 13.3. The Morgan fingerprint density at radius 3 is 2.20 bits per heavy atom. The third kappa shape index (κ3) is 5.53. The van der Waals surface area contributed by atoms with E-state index >= 15 is 0 Å². The molecular formula is C13H21FO. The average Bonchev–Trinajstić information content (AvgIpc) is 2.12. The first-order valence-corrected chi connectivity index (χ1v) is 5.36. The Hall–Kier alpha value is -0.890. The summed E-state index contributed by atoms with van der Waals surface area (Å²) in [6.45, 7) is 9.19. The quantitative estimate of drug-likeness (QED) is 0.795. The molecule has 0 radical (unpaired) electrons. The van der Waals surface area contributed by atoms with E-state index in [1.54, 1.807) is 19.9 Å². The molecule has 1 nitrogen and oxygen atoms in total. The molecule has 0 atom stereocenters. The van der Waals surface area contributed by atoms with Crippen molar-refractivity contribution in [3.63, 3.8) is 0 Å². The molecule has 0 fully saturated rings. The van der Waals surface area contributed by atoms with Crippen LogP contribution in [0.15, 0.2) is 18.2 Å². The van der Waals surface area contributed by atoms with E-state index in [9.17, 15) is 9.50 Å². The molecule has 0 unspecified atom stereocenters. The van der Waals surface area contributed by atoms with Gasteiger partial charge in [-0.05, 0) is 38.0 Å². The lowest BCUT2D eigenvalue weighted by Gasteiger charge is -2.17. The van der Waals surface area contributed by atoms with Crippen molar-refractivity contribution in [2.24, 2.45) is 0 Å². The van der Waals surface area contributed by atoms with Crippen LogP contribution in [0.25, 0.3) is 0 Å². The van der Waals surface area contributed by atoms with Crippen molar-refractivity contribution in [2.75, 3.05) is 0 Å². The fourth-order valence-corrected chi connectivity index (χ4v) is 1.26. The minimum Gasteiger partial charge on any atom is -0.390 e. The van der Waals surface area contributed by atoms with E-state index in [2.05, 4.69) is 0 Å². The molecule has 0 spiro atoms. The predicted octanol–water partition coefficient (Wildman–Crippen LogP) is 3.47. The fourth-order valence-electron chi connectivity index (χ4n) is 1.26. The highest BCUT2D eigenvalue weighted by molar-refractivity contribution is 5.24. The highest BCUT2D eigenvalue weighted by Crippen LogP contribution is 2.16. The van der Waals surface area contributed by atoms with Gasteiger partial charge in [-0.1, -0.05) is 26.0 Å². The van der Waals surface area contributed by atoms with Crippen LogP contribution in [0.2, 0.25) is 0 Å². The predicted molar refractivity (Wildman–Crippen MR) is 62.5 cm³/mol. The van der Waals surface area contributed by atoms with E-state index in [-0.39, 0.29) is 5.82 Å². The van der Waals surface area contributed by atoms with Gasteiger partial charge in [-0.15, -0.1) is 0 Å². The Morgan fingerprint density at radius 1 is 1.27 bits per heavy atom. The number of rotatable bonds is 2. The van der Waals surface area contributed by atoms with Crippen molar-refractivity contribution < 1.29 is 9.50 Å². The number of benzene rings is 1. The zero-order valence-electron chi connectivity index (χ0n) is 10.3. The zero-order chi connectivity index (χ0) is 12.1. The molecule has 15 heavy (non-hydrogen) atoms. The lowest BCUT2D eigenvalue weighted by atomic mass is 9.97. The van der Waals surface area contributed by atoms with Gasteiger partial charge in [0.1, 0.15) is 5.82 Å². The molecule has 86 valence electrons. The number of aliphatic hydroxyl groups is 1. The van der Waals surface area contributed by atoms with Crippen LogP contribution < -0.4 is 0 Å². The highest BCUT2D eigenvalue weighted by Gasteiger charge is 2.15. The second kappa shape index (κ2) is 5.86. The molecule has 0 aliphatic rings. The summed E-state index contributed by atoms with van der Waals surface area (Å²) in [4.78, 5) is 0. The van der Waals surface area contributed by atoms with E-state index in [1.165, 1.54) is 6.07 Å². The van der Waals surface area contributed by atoms with E-state index in [0.717, 1.165) is 5.56 Å². The minimum absolute atomic E-state index is 0.234. The van der Waals surface area contributed by atoms with Crippen LogP contribution in [-0.4, -0.2) is 10.7 Å². The molecule has 0 aliphatic heterocycles. The van der Waals surface area contributed by atoms with Crippen LogP contribution in [0.1, 0.15) is 38.8 Å². The second-order valence-electron chi connectivity index (χ2n) is 4.08. The summed E-state index contributed by atoms with van der Waals surface area (Å²) >= 11 is 0. The monoisotopic (exact) mass is 212 g/mol. The first kappa shape index (κ1) is 14.1. The largest absolute Gasteiger partial charge is 0.390 e. The third-order valence-electron chi connectivity index (χ3n) is 1.83. The number of hydrogen-bond donors (Lipinski definition) is 1. The van der Waals surface area contributed by atoms with Gasteiger partial charge in [0, 0.05) is 6.42 Å². The SMILES string of the molecule is CC.Cc1ccc(CC(C)(C)O)c(F)c1. The number of halogens is 1. The van der Waals surface area contributed by atoms with Gasteiger partial charge in [-0.25, -0.2) is 4.39 Å². The molecule has 0 aliphatic carbocycles. The van der Waals surface area contributed by atoms with Crippen LogP contribution >= 0.6 is 0 Å². The van der Waals surface area contributed by atoms with E-state index in [1.807, 2.05) is 26.8 Å². The van der Waals surface area contributed by atoms with Crippen LogP contribution in [0.5, 0.6) is 0 Å². The molecule has 0 saturated heterocycles. The average molecular weight is 212 g/mol. The van der Waals surface area contributed by atoms with Gasteiger partial charge in [0.15, 0.2) is 0 Å². The highest BCUT2D eigenvalue weighted by atomic mass is 19.1. The van der Waals surface area contributed by atoms with E-state index in [0.29, 0.717) is 12.0 Å². The molecule has 1 rings (SSSR count). The van der Waals surface area contributed by atoms with Gasteiger partial charge in [0.05, 0.1) is 5.60 Å². The maximum Gasteiger partial charge on any atom is 0.126 e. The molecule has 0 aromatic heterocycles. The van der Waals surface area contributed by atoms with Crippen molar-refractivity contribution in [3.8, 4) is 0 Å². The summed E-state index contributed by atoms with van der Waals surface area (Å²) < 4.78 is 13.3. The molecule has 0 amide bonds. The standard InChI is InChI=1S/C11H15FO.C2H6/c1-8-4-5-9(10(12)6-8)7-11(2,3)13;1-2/h4-6,13H,7H2,1-3H3;1-2H3. The smallest absolute Gasteiger partial charge is 0.126 e. The molecule has 1 aromatic carbocycles. The molecule has 1 aromatic rings. The number of hydrogen-bond acceptors (Lipinski definition) is 1. The van der Waals surface area contributed by atoms with Crippen LogP contribution in [0.4, 0.5) is 4.39 Å². The van der Waals surface area contributed by atoms with Gasteiger partial charge < -0.3 is 5.11 Å². The van der Waals surface area contributed by atoms with E-state index < -0.39 is 5.60 Å². The lowest BCUT2D eigenvalue weighted by molar-refractivity contribution is 0.0800. The van der Waals surface area contributed by atoms with Crippen molar-refractivity contribution in [1.29, 1.82) is 0 Å².